The number of hydrogen-bond donors (Lipinski definition) is 0. The Morgan fingerprint density at radius 1 is 0.909 bits per heavy atom. The van der Waals surface area contributed by atoms with E-state index < -0.39 is 29.8 Å². The molecule has 0 saturated carbocycles. The van der Waals surface area contributed by atoms with Crippen molar-refractivity contribution in [1.82, 2.24) is 0 Å². The molecule has 1 fully saturated rings. The number of carbonyl (C=O) groups excluding carboxylic acids is 1. The summed E-state index contributed by atoms with van der Waals surface area (Å²) >= 11 is 0. The first kappa shape index (κ1) is 22.6. The number of nitrogens with zero attached hydrogens (tertiary/aromatic N) is 3. The van der Waals surface area contributed by atoms with Gasteiger partial charge in [-0.25, -0.2) is 0 Å². The van der Waals surface area contributed by atoms with Crippen LogP contribution in [0.3, 0.4) is 0 Å². The molecule has 3 aromatic carbocycles. The molecule has 1 heterocycles. The van der Waals surface area contributed by atoms with E-state index in [0.717, 1.165) is 16.7 Å². The van der Waals surface area contributed by atoms with E-state index in [-0.39, 0.29) is 13.2 Å². The van der Waals surface area contributed by atoms with E-state index in [1.54, 1.807) is 0 Å². The van der Waals surface area contributed by atoms with E-state index >= 15 is 0 Å². The Hall–Kier alpha value is -3.64. The van der Waals surface area contributed by atoms with E-state index in [4.69, 9.17) is 19.7 Å². The van der Waals surface area contributed by atoms with Crippen LogP contribution in [0.25, 0.3) is 10.4 Å². The maximum atomic E-state index is 11.9. The fourth-order valence-electron chi connectivity index (χ4n) is 4.30. The molecule has 3 aromatic rings. The van der Waals surface area contributed by atoms with Crippen LogP contribution in [0.2, 0.25) is 0 Å². The number of ether oxygens (including phenoxy) is 3. The zero-order chi connectivity index (χ0) is 23.1. The second-order valence-electron chi connectivity index (χ2n) is 7.82. The second kappa shape index (κ2) is 10.3. The zero-order valence-electron chi connectivity index (χ0n) is 18.3. The maximum absolute atomic E-state index is 11.9. The highest BCUT2D eigenvalue weighted by Gasteiger charge is 2.45. The molecule has 1 saturated heterocycles. The standard InChI is InChI=1S/C26H25N3O4/c1-19(30)32-25-23(28-29-27)17-31-18-24(25)33-26(20-11-5-2-6-12-20,21-13-7-3-8-14-21)22-15-9-4-10-16-22/h2-16,23-25H,17-18H2,1H3/t23?,24-,25-/m1/s1. The predicted octanol–water partition coefficient (Wildman–Crippen LogP) is 5.00. The smallest absolute Gasteiger partial charge is 0.303 e. The van der Waals surface area contributed by atoms with Gasteiger partial charge in [-0.3, -0.25) is 4.79 Å². The van der Waals surface area contributed by atoms with Gasteiger partial charge in [0.2, 0.25) is 0 Å². The van der Waals surface area contributed by atoms with Crippen LogP contribution in [0.1, 0.15) is 23.6 Å². The summed E-state index contributed by atoms with van der Waals surface area (Å²) in [7, 11) is 0. The van der Waals surface area contributed by atoms with E-state index in [0.29, 0.717) is 0 Å². The van der Waals surface area contributed by atoms with Crippen molar-refractivity contribution in [3.05, 3.63) is 118 Å². The first-order valence-corrected chi connectivity index (χ1v) is 10.8. The molecule has 1 unspecified atom stereocenters. The zero-order valence-corrected chi connectivity index (χ0v) is 18.3. The molecule has 1 aliphatic heterocycles. The van der Waals surface area contributed by atoms with Crippen LogP contribution in [-0.4, -0.2) is 37.4 Å². The quantitative estimate of drug-likeness (QED) is 0.169. The fourth-order valence-corrected chi connectivity index (χ4v) is 4.30. The van der Waals surface area contributed by atoms with Crippen molar-refractivity contribution in [2.45, 2.75) is 30.8 Å². The van der Waals surface area contributed by atoms with Gasteiger partial charge in [-0.15, -0.1) is 0 Å². The Morgan fingerprint density at radius 3 is 1.82 bits per heavy atom. The molecule has 0 N–H and O–H groups in total. The Kier molecular flexibility index (Phi) is 7.05. The first-order chi connectivity index (χ1) is 16.1. The van der Waals surface area contributed by atoms with Crippen LogP contribution in [-0.2, 0) is 24.6 Å². The number of azide groups is 1. The summed E-state index contributed by atoms with van der Waals surface area (Å²) in [5.74, 6) is -0.474. The highest BCUT2D eigenvalue weighted by molar-refractivity contribution is 5.66. The van der Waals surface area contributed by atoms with Crippen LogP contribution < -0.4 is 0 Å². The third-order valence-electron chi connectivity index (χ3n) is 5.69. The van der Waals surface area contributed by atoms with Crippen LogP contribution in [0.15, 0.2) is 96.1 Å². The molecular weight excluding hydrogens is 418 g/mol. The largest absolute Gasteiger partial charge is 0.459 e. The topological polar surface area (TPSA) is 93.5 Å². The Bertz CT molecular complexity index is 1010. The van der Waals surface area contributed by atoms with Crippen LogP contribution in [0, 0.1) is 0 Å². The van der Waals surface area contributed by atoms with Crippen molar-refractivity contribution in [3.8, 4) is 0 Å². The summed E-state index contributed by atoms with van der Waals surface area (Å²) < 4.78 is 18.3. The summed E-state index contributed by atoms with van der Waals surface area (Å²) in [5, 5.41) is 3.81. The van der Waals surface area contributed by atoms with E-state index in [1.807, 2.05) is 91.0 Å². The third-order valence-corrected chi connectivity index (χ3v) is 5.69. The molecule has 0 aliphatic carbocycles. The number of benzene rings is 3. The summed E-state index contributed by atoms with van der Waals surface area (Å²) in [5.41, 5.74) is 10.8. The molecule has 7 heteroatoms. The third kappa shape index (κ3) is 4.76. The highest BCUT2D eigenvalue weighted by atomic mass is 16.6. The Morgan fingerprint density at radius 2 is 1.39 bits per heavy atom. The minimum absolute atomic E-state index is 0.150. The molecular formula is C26H25N3O4. The molecule has 4 rings (SSSR count). The van der Waals surface area contributed by atoms with Gasteiger partial charge >= 0.3 is 5.97 Å². The van der Waals surface area contributed by atoms with Gasteiger partial charge in [0, 0.05) is 11.8 Å². The van der Waals surface area contributed by atoms with Crippen molar-refractivity contribution >= 4 is 5.97 Å². The lowest BCUT2D eigenvalue weighted by Crippen LogP contribution is -2.53. The monoisotopic (exact) mass is 443 g/mol. The van der Waals surface area contributed by atoms with E-state index in [1.165, 1.54) is 6.92 Å². The lowest BCUT2D eigenvalue weighted by Gasteiger charge is -2.43. The molecule has 7 nitrogen and oxygen atoms in total. The lowest BCUT2D eigenvalue weighted by atomic mass is 9.79. The van der Waals surface area contributed by atoms with Crippen molar-refractivity contribution in [2.75, 3.05) is 13.2 Å². The fraction of sp³-hybridized carbons (Fsp3) is 0.269. The van der Waals surface area contributed by atoms with Crippen molar-refractivity contribution in [3.63, 3.8) is 0 Å². The molecule has 3 atom stereocenters. The predicted molar refractivity (Wildman–Crippen MR) is 123 cm³/mol. The van der Waals surface area contributed by atoms with Gasteiger partial charge in [-0.05, 0) is 22.2 Å². The van der Waals surface area contributed by atoms with Gasteiger partial charge in [0.1, 0.15) is 23.9 Å². The van der Waals surface area contributed by atoms with Crippen LogP contribution >= 0.6 is 0 Å². The molecule has 1 aliphatic rings. The summed E-state index contributed by atoms with van der Waals surface area (Å²) in [4.78, 5) is 14.8. The molecule has 0 radical (unpaired) electrons. The Balaban J connectivity index is 1.89. The molecule has 0 amide bonds. The summed E-state index contributed by atoms with van der Waals surface area (Å²) in [6, 6.07) is 29.0. The molecule has 0 aromatic heterocycles. The number of esters is 1. The second-order valence-corrected chi connectivity index (χ2v) is 7.82. The van der Waals surface area contributed by atoms with E-state index in [9.17, 15) is 4.79 Å². The Labute approximate surface area is 192 Å². The van der Waals surface area contributed by atoms with Crippen molar-refractivity contribution in [1.29, 1.82) is 0 Å². The maximum Gasteiger partial charge on any atom is 0.303 e. The van der Waals surface area contributed by atoms with Gasteiger partial charge in [0.15, 0.2) is 0 Å². The van der Waals surface area contributed by atoms with Gasteiger partial charge in [-0.2, -0.15) is 0 Å². The van der Waals surface area contributed by atoms with Crippen molar-refractivity contribution in [2.24, 2.45) is 5.11 Å². The normalized spacial score (nSPS) is 20.5. The SMILES string of the molecule is CC(=O)O[C@@H]1C(N=[N+]=[N-])COC[C@H]1OC(c1ccccc1)(c1ccccc1)c1ccccc1. The lowest BCUT2D eigenvalue weighted by molar-refractivity contribution is -0.189. The van der Waals surface area contributed by atoms with Crippen molar-refractivity contribution < 1.29 is 19.0 Å². The van der Waals surface area contributed by atoms with Gasteiger partial charge in [0.05, 0.1) is 13.2 Å². The van der Waals surface area contributed by atoms with Gasteiger partial charge < -0.3 is 14.2 Å². The number of rotatable bonds is 7. The number of hydrogen-bond acceptors (Lipinski definition) is 5. The highest BCUT2D eigenvalue weighted by Crippen LogP contribution is 2.42. The minimum atomic E-state index is -1.02. The van der Waals surface area contributed by atoms with Gasteiger partial charge in [-0.1, -0.05) is 96.1 Å². The number of carbonyl (C=O) groups is 1. The molecule has 0 spiro atoms. The minimum Gasteiger partial charge on any atom is -0.459 e. The average Bonchev–Trinajstić information content (AvgIpc) is 2.86. The van der Waals surface area contributed by atoms with Crippen LogP contribution in [0.4, 0.5) is 0 Å². The first-order valence-electron chi connectivity index (χ1n) is 10.8. The van der Waals surface area contributed by atoms with Crippen LogP contribution in [0.5, 0.6) is 0 Å². The summed E-state index contributed by atoms with van der Waals surface area (Å²) in [6.45, 7) is 1.67. The summed E-state index contributed by atoms with van der Waals surface area (Å²) in [6.07, 6.45) is -1.47. The average molecular weight is 444 g/mol. The van der Waals surface area contributed by atoms with Gasteiger partial charge in [0.25, 0.3) is 0 Å². The molecule has 168 valence electrons. The van der Waals surface area contributed by atoms with E-state index in [2.05, 4.69) is 10.0 Å². The molecule has 33 heavy (non-hydrogen) atoms. The molecule has 0 bridgehead atoms.